The third-order valence-electron chi connectivity index (χ3n) is 3.55. The lowest BCUT2D eigenvalue weighted by atomic mass is 9.80. The number of aromatic nitrogens is 1. The van der Waals surface area contributed by atoms with E-state index in [4.69, 9.17) is 11.0 Å². The van der Waals surface area contributed by atoms with Gasteiger partial charge in [-0.3, -0.25) is 0 Å². The third-order valence-corrected chi connectivity index (χ3v) is 3.55. The van der Waals surface area contributed by atoms with Crippen LogP contribution in [0.1, 0.15) is 63.5 Å². The van der Waals surface area contributed by atoms with E-state index in [1.807, 2.05) is 26.1 Å². The number of nitrogen functional groups attached to an aromatic ring is 1. The van der Waals surface area contributed by atoms with Gasteiger partial charge < -0.3 is 5.73 Å². The maximum Gasteiger partial charge on any atom is 0.141 e. The smallest absolute Gasteiger partial charge is 0.141 e. The van der Waals surface area contributed by atoms with Gasteiger partial charge in [-0.2, -0.15) is 5.26 Å². The second-order valence-electron chi connectivity index (χ2n) is 4.77. The van der Waals surface area contributed by atoms with Gasteiger partial charge in [-0.15, -0.1) is 0 Å². The molecule has 0 spiro atoms. The number of nitriles is 1. The van der Waals surface area contributed by atoms with Gasteiger partial charge in [0.05, 0.1) is 5.56 Å². The predicted octanol–water partition coefficient (Wildman–Crippen LogP) is 3.86. The van der Waals surface area contributed by atoms with E-state index < -0.39 is 0 Å². The number of nitrogens with two attached hydrogens (primary N) is 1. The molecule has 18 heavy (non-hydrogen) atoms. The summed E-state index contributed by atoms with van der Waals surface area (Å²) < 4.78 is 0. The van der Waals surface area contributed by atoms with Gasteiger partial charge in [-0.05, 0) is 36.3 Å². The van der Waals surface area contributed by atoms with E-state index in [-0.39, 0.29) is 0 Å². The van der Waals surface area contributed by atoms with Crippen molar-refractivity contribution in [3.63, 3.8) is 0 Å². The van der Waals surface area contributed by atoms with Crippen molar-refractivity contribution in [2.24, 2.45) is 5.92 Å². The molecule has 1 saturated carbocycles. The largest absolute Gasteiger partial charge is 0.383 e. The van der Waals surface area contributed by atoms with E-state index in [0.717, 1.165) is 5.92 Å². The minimum atomic E-state index is 0.343. The Kier molecular flexibility index (Phi) is 5.64. The van der Waals surface area contributed by atoms with Crippen molar-refractivity contribution < 1.29 is 0 Å². The lowest BCUT2D eigenvalue weighted by Gasteiger charge is -2.26. The summed E-state index contributed by atoms with van der Waals surface area (Å²) in [6, 6.07) is 4.00. The molecule has 3 nitrogen and oxygen atoms in total. The van der Waals surface area contributed by atoms with Crippen LogP contribution in [0.4, 0.5) is 5.82 Å². The Morgan fingerprint density at radius 3 is 2.44 bits per heavy atom. The standard InChI is InChI=1S/C13H17N3.C2H6/c1-9-2-4-10(5-3-9)12-6-11(7-14)13(15)16-8-12;1-2/h6,8-10H,2-5H2,1H3,(H2,15,16);1-2H3. The molecule has 1 aromatic rings. The number of nitrogens with zero attached hydrogens (tertiary/aromatic N) is 2. The molecule has 1 aromatic heterocycles. The number of hydrogen-bond donors (Lipinski definition) is 1. The van der Waals surface area contributed by atoms with Crippen LogP contribution in [-0.2, 0) is 0 Å². The Bertz CT molecular complexity index is 412. The van der Waals surface area contributed by atoms with Crippen molar-refractivity contribution in [3.8, 4) is 6.07 Å². The van der Waals surface area contributed by atoms with Crippen molar-refractivity contribution in [1.29, 1.82) is 5.26 Å². The average molecular weight is 245 g/mol. The highest BCUT2D eigenvalue weighted by Gasteiger charge is 2.20. The van der Waals surface area contributed by atoms with E-state index in [9.17, 15) is 0 Å². The fourth-order valence-corrected chi connectivity index (χ4v) is 2.40. The Morgan fingerprint density at radius 2 is 1.89 bits per heavy atom. The molecule has 1 fully saturated rings. The van der Waals surface area contributed by atoms with Crippen LogP contribution in [0.25, 0.3) is 0 Å². The van der Waals surface area contributed by atoms with Crippen LogP contribution in [0.3, 0.4) is 0 Å². The SMILES string of the molecule is CC.CC1CCC(c2cnc(N)c(C#N)c2)CC1. The van der Waals surface area contributed by atoms with Gasteiger partial charge >= 0.3 is 0 Å². The van der Waals surface area contributed by atoms with Crippen LogP contribution in [0, 0.1) is 17.2 Å². The van der Waals surface area contributed by atoms with Gasteiger partial charge in [-0.25, -0.2) is 4.98 Å². The maximum atomic E-state index is 8.91. The first-order chi connectivity index (χ1) is 8.70. The number of pyridine rings is 1. The lowest BCUT2D eigenvalue weighted by Crippen LogP contribution is -2.11. The normalized spacial score (nSPS) is 22.6. The summed E-state index contributed by atoms with van der Waals surface area (Å²) in [5.41, 5.74) is 7.31. The highest BCUT2D eigenvalue weighted by molar-refractivity contribution is 5.49. The molecule has 3 heteroatoms. The molecule has 0 saturated heterocycles. The zero-order chi connectivity index (χ0) is 13.5. The van der Waals surface area contributed by atoms with E-state index >= 15 is 0 Å². The average Bonchev–Trinajstić information content (AvgIpc) is 2.43. The number of hydrogen-bond acceptors (Lipinski definition) is 3. The number of anilines is 1. The van der Waals surface area contributed by atoms with Gasteiger partial charge in [0.25, 0.3) is 0 Å². The molecule has 98 valence electrons. The summed E-state index contributed by atoms with van der Waals surface area (Å²) in [5.74, 6) is 1.75. The predicted molar refractivity (Wildman–Crippen MR) is 75.1 cm³/mol. The molecule has 0 atom stereocenters. The fraction of sp³-hybridized carbons (Fsp3) is 0.600. The second-order valence-corrected chi connectivity index (χ2v) is 4.77. The zero-order valence-electron chi connectivity index (χ0n) is 11.6. The van der Waals surface area contributed by atoms with Crippen LogP contribution in [0.15, 0.2) is 12.3 Å². The Morgan fingerprint density at radius 1 is 1.28 bits per heavy atom. The van der Waals surface area contributed by atoms with Crippen LogP contribution < -0.4 is 5.73 Å². The van der Waals surface area contributed by atoms with Crippen molar-refractivity contribution in [2.45, 2.75) is 52.4 Å². The summed E-state index contributed by atoms with van der Waals surface area (Å²) in [4.78, 5) is 4.10. The number of rotatable bonds is 1. The van der Waals surface area contributed by atoms with Crippen molar-refractivity contribution in [1.82, 2.24) is 4.98 Å². The monoisotopic (exact) mass is 245 g/mol. The van der Waals surface area contributed by atoms with Gasteiger partial charge in [0.1, 0.15) is 11.9 Å². The van der Waals surface area contributed by atoms with Gasteiger partial charge in [-0.1, -0.05) is 33.6 Å². The van der Waals surface area contributed by atoms with E-state index in [1.54, 1.807) is 0 Å². The third kappa shape index (κ3) is 3.46. The summed E-state index contributed by atoms with van der Waals surface area (Å²) in [5, 5.41) is 8.91. The Balaban J connectivity index is 0.000000771. The summed E-state index contributed by atoms with van der Waals surface area (Å²) in [6.07, 6.45) is 6.79. The molecule has 1 aliphatic carbocycles. The van der Waals surface area contributed by atoms with Crippen LogP contribution in [-0.4, -0.2) is 4.98 Å². The lowest BCUT2D eigenvalue weighted by molar-refractivity contribution is 0.347. The van der Waals surface area contributed by atoms with Crippen molar-refractivity contribution in [2.75, 3.05) is 5.73 Å². The molecule has 0 aliphatic heterocycles. The molecule has 0 aromatic carbocycles. The van der Waals surface area contributed by atoms with Crippen LogP contribution in [0.2, 0.25) is 0 Å². The molecule has 0 radical (unpaired) electrons. The van der Waals surface area contributed by atoms with Crippen molar-refractivity contribution in [3.05, 3.63) is 23.4 Å². The van der Waals surface area contributed by atoms with Crippen LogP contribution >= 0.6 is 0 Å². The van der Waals surface area contributed by atoms with Crippen molar-refractivity contribution >= 4 is 5.82 Å². The van der Waals surface area contributed by atoms with Gasteiger partial charge in [0, 0.05) is 6.20 Å². The first-order valence-electron chi connectivity index (χ1n) is 6.86. The van der Waals surface area contributed by atoms with Crippen LogP contribution in [0.5, 0.6) is 0 Å². The first kappa shape index (κ1) is 14.5. The topological polar surface area (TPSA) is 62.7 Å². The molecule has 0 unspecified atom stereocenters. The van der Waals surface area contributed by atoms with Gasteiger partial charge in [0.15, 0.2) is 0 Å². The Labute approximate surface area is 110 Å². The molecule has 1 heterocycles. The van der Waals surface area contributed by atoms with E-state index in [2.05, 4.69) is 18.0 Å². The molecular formula is C15H23N3. The summed E-state index contributed by atoms with van der Waals surface area (Å²) in [7, 11) is 0. The van der Waals surface area contributed by atoms with E-state index in [1.165, 1.54) is 31.2 Å². The minimum absolute atomic E-state index is 0.343. The summed E-state index contributed by atoms with van der Waals surface area (Å²) >= 11 is 0. The van der Waals surface area contributed by atoms with Gasteiger partial charge in [0.2, 0.25) is 0 Å². The molecule has 2 rings (SSSR count). The first-order valence-corrected chi connectivity index (χ1v) is 6.86. The maximum absolute atomic E-state index is 8.91. The highest BCUT2D eigenvalue weighted by atomic mass is 14.8. The highest BCUT2D eigenvalue weighted by Crippen LogP contribution is 2.35. The molecule has 0 amide bonds. The quantitative estimate of drug-likeness (QED) is 0.817. The molecule has 1 aliphatic rings. The zero-order valence-corrected chi connectivity index (χ0v) is 11.6. The minimum Gasteiger partial charge on any atom is -0.383 e. The molecule has 2 N–H and O–H groups in total. The Hall–Kier alpha value is -1.56. The second kappa shape index (κ2) is 7.00. The van der Waals surface area contributed by atoms with E-state index in [0.29, 0.717) is 17.3 Å². The fourth-order valence-electron chi connectivity index (χ4n) is 2.40. The molecular weight excluding hydrogens is 222 g/mol. The summed E-state index contributed by atoms with van der Waals surface area (Å²) in [6.45, 7) is 6.30. The molecule has 0 bridgehead atoms.